The van der Waals surface area contributed by atoms with Gasteiger partial charge >= 0.3 is 0 Å². The van der Waals surface area contributed by atoms with Crippen LogP contribution in [0.15, 0.2) is 17.1 Å². The summed E-state index contributed by atoms with van der Waals surface area (Å²) in [6.45, 7) is 4.40. The average molecular weight is 465 g/mol. The fourth-order valence-electron chi connectivity index (χ4n) is 2.74. The van der Waals surface area contributed by atoms with Crippen LogP contribution >= 0.6 is 24.0 Å². The molecule has 7 heteroatoms. The van der Waals surface area contributed by atoms with Gasteiger partial charge in [0.1, 0.15) is 11.6 Å². The highest BCUT2D eigenvalue weighted by atomic mass is 127. The molecule has 1 aromatic carbocycles. The quantitative estimate of drug-likeness (QED) is 0.267. The Morgan fingerprint density at radius 3 is 2.76 bits per heavy atom. The number of rotatable bonds is 8. The highest BCUT2D eigenvalue weighted by molar-refractivity contribution is 14.0. The molecule has 0 amide bonds. The molecule has 0 saturated heterocycles. The molecular formula is C18H29FIN3O2. The fourth-order valence-corrected chi connectivity index (χ4v) is 2.74. The zero-order chi connectivity index (χ0) is 17.2. The predicted molar refractivity (Wildman–Crippen MR) is 109 cm³/mol. The van der Waals surface area contributed by atoms with Crippen LogP contribution in [0.2, 0.25) is 0 Å². The van der Waals surface area contributed by atoms with E-state index < -0.39 is 0 Å². The maximum Gasteiger partial charge on any atom is 0.190 e. The van der Waals surface area contributed by atoms with Crippen molar-refractivity contribution < 1.29 is 13.9 Å². The third kappa shape index (κ3) is 7.35. The summed E-state index contributed by atoms with van der Waals surface area (Å²) in [7, 11) is 1.76. The van der Waals surface area contributed by atoms with Gasteiger partial charge in [0.25, 0.3) is 0 Å². The minimum Gasteiger partial charge on any atom is -0.467 e. The van der Waals surface area contributed by atoms with Crippen molar-refractivity contribution in [3.05, 3.63) is 29.1 Å². The summed E-state index contributed by atoms with van der Waals surface area (Å²) in [4.78, 5) is 4.21. The molecule has 1 aliphatic heterocycles. The molecule has 2 rings (SSSR count). The molecule has 0 aromatic heterocycles. The number of halogens is 2. The number of guanidine groups is 1. The lowest BCUT2D eigenvalue weighted by molar-refractivity contribution is -0.0172. The van der Waals surface area contributed by atoms with E-state index in [-0.39, 0.29) is 36.6 Å². The van der Waals surface area contributed by atoms with Crippen molar-refractivity contribution in [1.82, 2.24) is 10.6 Å². The van der Waals surface area contributed by atoms with Crippen LogP contribution in [0.5, 0.6) is 5.75 Å². The van der Waals surface area contributed by atoms with Crippen LogP contribution in [0.25, 0.3) is 0 Å². The number of aliphatic imine (C=N–C) groups is 1. The molecule has 142 valence electrons. The van der Waals surface area contributed by atoms with Crippen LogP contribution < -0.4 is 15.4 Å². The second kappa shape index (κ2) is 12.3. The summed E-state index contributed by atoms with van der Waals surface area (Å²) in [6, 6.07) is 3.01. The Bertz CT molecular complexity index is 555. The van der Waals surface area contributed by atoms with E-state index in [0.717, 1.165) is 35.8 Å². The molecule has 0 unspecified atom stereocenters. The number of nitrogens with zero attached hydrogens (tertiary/aromatic N) is 1. The van der Waals surface area contributed by atoms with Crippen molar-refractivity contribution in [3.63, 3.8) is 0 Å². The Kier molecular flexibility index (Phi) is 10.8. The molecule has 0 aliphatic carbocycles. The molecule has 5 nitrogen and oxygen atoms in total. The number of hydrogen-bond acceptors (Lipinski definition) is 3. The van der Waals surface area contributed by atoms with Gasteiger partial charge in [0.2, 0.25) is 0 Å². The molecule has 1 aromatic rings. The average Bonchev–Trinajstić information content (AvgIpc) is 2.59. The first-order chi connectivity index (χ1) is 11.7. The van der Waals surface area contributed by atoms with Gasteiger partial charge in [-0.25, -0.2) is 4.39 Å². The number of benzene rings is 1. The molecule has 0 radical (unpaired) electrons. The Morgan fingerprint density at radius 1 is 1.20 bits per heavy atom. The number of unbranched alkanes of at least 4 members (excludes halogenated alkanes) is 3. The molecule has 0 atom stereocenters. The normalized spacial score (nSPS) is 13.5. The van der Waals surface area contributed by atoms with Crippen LogP contribution in [-0.4, -0.2) is 32.9 Å². The highest BCUT2D eigenvalue weighted by Crippen LogP contribution is 2.29. The van der Waals surface area contributed by atoms with E-state index in [9.17, 15) is 4.39 Å². The predicted octanol–water partition coefficient (Wildman–Crippen LogP) is 3.60. The van der Waals surface area contributed by atoms with Gasteiger partial charge in [0, 0.05) is 25.7 Å². The molecule has 25 heavy (non-hydrogen) atoms. The molecule has 0 saturated carbocycles. The first-order valence-electron chi connectivity index (χ1n) is 8.71. The van der Waals surface area contributed by atoms with E-state index in [4.69, 9.17) is 9.47 Å². The Hall–Kier alpha value is -1.09. The van der Waals surface area contributed by atoms with Crippen molar-refractivity contribution in [1.29, 1.82) is 0 Å². The number of hydrogen-bond donors (Lipinski definition) is 2. The second-order valence-corrected chi connectivity index (χ2v) is 5.90. The lowest BCUT2D eigenvalue weighted by atomic mass is 10.1. The summed E-state index contributed by atoms with van der Waals surface area (Å²) in [6.07, 6.45) is 5.53. The van der Waals surface area contributed by atoms with Crippen LogP contribution in [-0.2, 0) is 17.8 Å². The molecular weight excluding hydrogens is 436 g/mol. The third-order valence-electron chi connectivity index (χ3n) is 3.98. The van der Waals surface area contributed by atoms with Crippen molar-refractivity contribution in [3.8, 4) is 5.75 Å². The zero-order valence-corrected chi connectivity index (χ0v) is 17.4. The molecule has 0 spiro atoms. The van der Waals surface area contributed by atoms with E-state index in [1.807, 2.05) is 0 Å². The molecule has 2 N–H and O–H groups in total. The van der Waals surface area contributed by atoms with Crippen LogP contribution in [0.1, 0.15) is 43.7 Å². The van der Waals surface area contributed by atoms with Crippen LogP contribution in [0.4, 0.5) is 4.39 Å². The van der Waals surface area contributed by atoms with Crippen molar-refractivity contribution in [2.75, 3.05) is 26.9 Å². The van der Waals surface area contributed by atoms with Gasteiger partial charge in [-0.05, 0) is 30.5 Å². The van der Waals surface area contributed by atoms with Crippen LogP contribution in [0.3, 0.4) is 0 Å². The Labute approximate surface area is 166 Å². The summed E-state index contributed by atoms with van der Waals surface area (Å²) in [5.41, 5.74) is 1.63. The SMILES string of the molecule is CCCCCCNC(=NC)NCCc1cc(F)cc2c1OCOC2.I. The van der Waals surface area contributed by atoms with Crippen molar-refractivity contribution in [2.24, 2.45) is 4.99 Å². The van der Waals surface area contributed by atoms with E-state index in [0.29, 0.717) is 19.6 Å². The fraction of sp³-hybridized carbons (Fsp3) is 0.611. The van der Waals surface area contributed by atoms with Crippen LogP contribution in [0, 0.1) is 5.82 Å². The Balaban J connectivity index is 0.00000312. The van der Waals surface area contributed by atoms with Gasteiger partial charge in [0.05, 0.1) is 6.61 Å². The zero-order valence-electron chi connectivity index (χ0n) is 15.1. The van der Waals surface area contributed by atoms with Gasteiger partial charge < -0.3 is 20.1 Å². The van der Waals surface area contributed by atoms with E-state index >= 15 is 0 Å². The van der Waals surface area contributed by atoms with Gasteiger partial charge in [-0.1, -0.05) is 26.2 Å². The second-order valence-electron chi connectivity index (χ2n) is 5.90. The maximum atomic E-state index is 13.7. The minimum absolute atomic E-state index is 0. The molecule has 1 aliphatic rings. The lowest BCUT2D eigenvalue weighted by Gasteiger charge is -2.21. The number of nitrogens with one attached hydrogen (secondary N) is 2. The Morgan fingerprint density at radius 2 is 2.00 bits per heavy atom. The maximum absolute atomic E-state index is 13.7. The van der Waals surface area contributed by atoms with E-state index in [1.54, 1.807) is 7.05 Å². The van der Waals surface area contributed by atoms with Gasteiger partial charge in [0.15, 0.2) is 12.8 Å². The monoisotopic (exact) mass is 465 g/mol. The standard InChI is InChI=1S/C18H28FN3O2.HI/c1-3-4-5-6-8-21-18(20-2)22-9-7-14-10-16(19)11-15-12-23-13-24-17(14)15;/h10-11H,3-9,12-13H2,1-2H3,(H2,20,21,22);1H. The minimum atomic E-state index is -0.253. The molecule has 1 heterocycles. The molecule has 0 bridgehead atoms. The lowest BCUT2D eigenvalue weighted by Crippen LogP contribution is -2.38. The number of fused-ring (bicyclic) bond motifs is 1. The summed E-state index contributed by atoms with van der Waals surface area (Å²) in [5, 5.41) is 6.57. The van der Waals surface area contributed by atoms with E-state index in [2.05, 4.69) is 22.5 Å². The van der Waals surface area contributed by atoms with Gasteiger partial charge in [-0.2, -0.15) is 0 Å². The summed E-state index contributed by atoms with van der Waals surface area (Å²) >= 11 is 0. The summed E-state index contributed by atoms with van der Waals surface area (Å²) in [5.74, 6) is 1.28. The largest absolute Gasteiger partial charge is 0.467 e. The van der Waals surface area contributed by atoms with E-state index in [1.165, 1.54) is 31.4 Å². The first-order valence-corrected chi connectivity index (χ1v) is 8.71. The van der Waals surface area contributed by atoms with Gasteiger partial charge in [-0.15, -0.1) is 24.0 Å². The first kappa shape index (κ1) is 22.0. The number of ether oxygens (including phenoxy) is 2. The summed E-state index contributed by atoms with van der Waals surface area (Å²) < 4.78 is 24.4. The highest BCUT2D eigenvalue weighted by Gasteiger charge is 2.16. The smallest absolute Gasteiger partial charge is 0.190 e. The topological polar surface area (TPSA) is 54.9 Å². The molecule has 0 fully saturated rings. The third-order valence-corrected chi connectivity index (χ3v) is 3.98. The van der Waals surface area contributed by atoms with Crippen molar-refractivity contribution >= 4 is 29.9 Å². The van der Waals surface area contributed by atoms with Gasteiger partial charge in [-0.3, -0.25) is 4.99 Å². The van der Waals surface area contributed by atoms with Crippen molar-refractivity contribution in [2.45, 2.75) is 45.6 Å².